The highest BCUT2D eigenvalue weighted by molar-refractivity contribution is 5.66. The van der Waals surface area contributed by atoms with Crippen LogP contribution >= 0.6 is 0 Å². The van der Waals surface area contributed by atoms with Crippen molar-refractivity contribution in [3.63, 3.8) is 0 Å². The van der Waals surface area contributed by atoms with Crippen LogP contribution in [-0.4, -0.2) is 0 Å². The van der Waals surface area contributed by atoms with Gasteiger partial charge in [-0.25, -0.2) is 4.39 Å². The summed E-state index contributed by atoms with van der Waals surface area (Å²) in [7, 11) is 0. The van der Waals surface area contributed by atoms with Gasteiger partial charge in [0.25, 0.3) is 0 Å². The van der Waals surface area contributed by atoms with Crippen molar-refractivity contribution in [3.8, 4) is 17.2 Å². The van der Waals surface area contributed by atoms with Crippen LogP contribution in [-0.2, 0) is 0 Å². The fourth-order valence-electron chi connectivity index (χ4n) is 2.11. The number of benzene rings is 2. The average Bonchev–Trinajstić information content (AvgIpc) is 2.54. The van der Waals surface area contributed by atoms with E-state index in [0.717, 1.165) is 29.5 Å². The molecule has 0 spiro atoms. The fraction of sp³-hybridized carbons (Fsp3) is 0.211. The molecule has 0 aliphatic heterocycles. The topological polar surface area (TPSA) is 23.8 Å². The highest BCUT2D eigenvalue weighted by Crippen LogP contribution is 2.22. The van der Waals surface area contributed by atoms with Crippen molar-refractivity contribution in [1.29, 1.82) is 5.26 Å². The summed E-state index contributed by atoms with van der Waals surface area (Å²) in [6.07, 6.45) is 3.98. The van der Waals surface area contributed by atoms with E-state index in [1.54, 1.807) is 18.2 Å². The second kappa shape index (κ2) is 7.40. The van der Waals surface area contributed by atoms with Crippen LogP contribution in [0.4, 0.5) is 4.39 Å². The number of nitriles is 1. The maximum absolute atomic E-state index is 13.6. The Morgan fingerprint density at radius 2 is 1.62 bits per heavy atom. The molecule has 0 saturated heterocycles. The molecular weight excluding hydrogens is 261 g/mol. The van der Waals surface area contributed by atoms with Gasteiger partial charge >= 0.3 is 0 Å². The molecule has 0 saturated carbocycles. The van der Waals surface area contributed by atoms with Crippen molar-refractivity contribution in [3.05, 3.63) is 65.5 Å². The van der Waals surface area contributed by atoms with E-state index in [1.165, 1.54) is 0 Å². The van der Waals surface area contributed by atoms with Crippen molar-refractivity contribution in [1.82, 2.24) is 0 Å². The van der Waals surface area contributed by atoms with Gasteiger partial charge in [-0.05, 0) is 47.7 Å². The molecule has 2 heteroatoms. The Balaban J connectivity index is 2.13. The molecule has 0 aromatic heterocycles. The van der Waals surface area contributed by atoms with Gasteiger partial charge in [-0.3, -0.25) is 0 Å². The van der Waals surface area contributed by atoms with Crippen LogP contribution in [0, 0.1) is 11.3 Å². The van der Waals surface area contributed by atoms with E-state index >= 15 is 0 Å². The van der Waals surface area contributed by atoms with E-state index in [1.807, 2.05) is 36.4 Å². The molecule has 1 nitrogen and oxygen atoms in total. The predicted octanol–water partition coefficient (Wildman–Crippen LogP) is 5.73. The first kappa shape index (κ1) is 15.0. The lowest BCUT2D eigenvalue weighted by Gasteiger charge is -2.03. The van der Waals surface area contributed by atoms with E-state index in [-0.39, 0.29) is 5.83 Å². The lowest BCUT2D eigenvalue weighted by Crippen LogP contribution is -1.81. The van der Waals surface area contributed by atoms with E-state index in [0.29, 0.717) is 12.0 Å². The molecule has 0 radical (unpaired) electrons. The Morgan fingerprint density at radius 1 is 1.05 bits per heavy atom. The number of rotatable bonds is 5. The van der Waals surface area contributed by atoms with Crippen molar-refractivity contribution in [2.45, 2.75) is 26.2 Å². The van der Waals surface area contributed by atoms with Gasteiger partial charge in [0, 0.05) is 0 Å². The lowest BCUT2D eigenvalue weighted by atomic mass is 10.0. The van der Waals surface area contributed by atoms with Gasteiger partial charge in [0.2, 0.25) is 0 Å². The molecule has 21 heavy (non-hydrogen) atoms. The summed E-state index contributed by atoms with van der Waals surface area (Å²) in [6, 6.07) is 17.3. The fourth-order valence-corrected chi connectivity index (χ4v) is 2.11. The monoisotopic (exact) mass is 279 g/mol. The highest BCUT2D eigenvalue weighted by atomic mass is 19.1. The number of hydrogen-bond acceptors (Lipinski definition) is 1. The molecule has 0 fully saturated rings. The van der Waals surface area contributed by atoms with Gasteiger partial charge in [0.05, 0.1) is 11.6 Å². The van der Waals surface area contributed by atoms with Gasteiger partial charge < -0.3 is 0 Å². The number of nitrogens with zero attached hydrogens (tertiary/aromatic N) is 1. The molecule has 2 rings (SSSR count). The SMILES string of the molecule is CCCCC(F)=Cc1ccc(-c2ccc(C#N)cc2)cc1. The van der Waals surface area contributed by atoms with Gasteiger partial charge in [-0.1, -0.05) is 49.7 Å². The molecular formula is C19H18FN. The van der Waals surface area contributed by atoms with Crippen LogP contribution in [0.15, 0.2) is 54.4 Å². The van der Waals surface area contributed by atoms with Crippen LogP contribution < -0.4 is 0 Å². The number of halogens is 1. The second-order valence-electron chi connectivity index (χ2n) is 5.01. The van der Waals surface area contributed by atoms with Gasteiger partial charge in [0.1, 0.15) is 5.83 Å². The van der Waals surface area contributed by atoms with E-state index in [4.69, 9.17) is 5.26 Å². The summed E-state index contributed by atoms with van der Waals surface area (Å²) < 4.78 is 13.6. The van der Waals surface area contributed by atoms with E-state index in [2.05, 4.69) is 13.0 Å². The van der Waals surface area contributed by atoms with Crippen LogP contribution in [0.25, 0.3) is 17.2 Å². The van der Waals surface area contributed by atoms with Crippen LogP contribution in [0.1, 0.15) is 37.3 Å². The molecule has 2 aromatic carbocycles. The van der Waals surface area contributed by atoms with Crippen molar-refractivity contribution in [2.75, 3.05) is 0 Å². The molecule has 0 amide bonds. The summed E-state index contributed by atoms with van der Waals surface area (Å²) in [5.41, 5.74) is 3.64. The first-order valence-electron chi connectivity index (χ1n) is 7.19. The molecule has 106 valence electrons. The quantitative estimate of drug-likeness (QED) is 0.686. The largest absolute Gasteiger partial charge is 0.212 e. The van der Waals surface area contributed by atoms with Crippen molar-refractivity contribution < 1.29 is 4.39 Å². The lowest BCUT2D eigenvalue weighted by molar-refractivity contribution is 0.577. The third kappa shape index (κ3) is 4.29. The number of allylic oxidation sites excluding steroid dienone is 1. The summed E-state index contributed by atoms with van der Waals surface area (Å²) in [6.45, 7) is 2.06. The minimum absolute atomic E-state index is 0.0667. The standard InChI is InChI=1S/C19H18FN/c1-2-3-4-19(20)13-15-5-9-17(10-6-15)18-11-7-16(14-21)8-12-18/h5-13H,2-4H2,1H3. The summed E-state index contributed by atoms with van der Waals surface area (Å²) in [5, 5.41) is 8.79. The summed E-state index contributed by atoms with van der Waals surface area (Å²) >= 11 is 0. The van der Waals surface area contributed by atoms with E-state index < -0.39 is 0 Å². The molecule has 2 aromatic rings. The summed E-state index contributed by atoms with van der Waals surface area (Å²) in [4.78, 5) is 0. The van der Waals surface area contributed by atoms with Gasteiger partial charge in [0.15, 0.2) is 0 Å². The molecule has 0 unspecified atom stereocenters. The maximum Gasteiger partial charge on any atom is 0.101 e. The van der Waals surface area contributed by atoms with Crippen molar-refractivity contribution >= 4 is 6.08 Å². The Labute approximate surface area is 125 Å². The zero-order chi connectivity index (χ0) is 15.1. The molecule has 0 heterocycles. The molecule has 0 bridgehead atoms. The zero-order valence-electron chi connectivity index (χ0n) is 12.1. The van der Waals surface area contributed by atoms with Gasteiger partial charge in [-0.15, -0.1) is 0 Å². The Bertz CT molecular complexity index is 645. The predicted molar refractivity (Wildman–Crippen MR) is 85.2 cm³/mol. The maximum atomic E-state index is 13.6. The molecule has 0 aliphatic carbocycles. The van der Waals surface area contributed by atoms with Crippen LogP contribution in [0.2, 0.25) is 0 Å². The third-order valence-corrected chi connectivity index (χ3v) is 3.35. The smallest absolute Gasteiger partial charge is 0.101 e. The third-order valence-electron chi connectivity index (χ3n) is 3.35. The summed E-state index contributed by atoms with van der Waals surface area (Å²) in [5.74, 6) is -0.0667. The Morgan fingerprint density at radius 3 is 2.14 bits per heavy atom. The Kier molecular flexibility index (Phi) is 5.29. The number of hydrogen-bond donors (Lipinski definition) is 0. The average molecular weight is 279 g/mol. The Hall–Kier alpha value is -2.40. The molecule has 0 aliphatic rings. The first-order valence-corrected chi connectivity index (χ1v) is 7.19. The highest BCUT2D eigenvalue weighted by Gasteiger charge is 1.99. The zero-order valence-corrected chi connectivity index (χ0v) is 12.1. The normalized spacial score (nSPS) is 11.2. The first-order chi connectivity index (χ1) is 10.2. The second-order valence-corrected chi connectivity index (χ2v) is 5.01. The van der Waals surface area contributed by atoms with Crippen LogP contribution in [0.3, 0.4) is 0 Å². The molecule has 0 N–H and O–H groups in total. The number of unbranched alkanes of at least 4 members (excludes halogenated alkanes) is 1. The molecule has 0 atom stereocenters. The van der Waals surface area contributed by atoms with Crippen LogP contribution in [0.5, 0.6) is 0 Å². The van der Waals surface area contributed by atoms with Gasteiger partial charge in [-0.2, -0.15) is 5.26 Å². The van der Waals surface area contributed by atoms with Crippen molar-refractivity contribution in [2.24, 2.45) is 0 Å². The minimum Gasteiger partial charge on any atom is -0.212 e. The van der Waals surface area contributed by atoms with E-state index in [9.17, 15) is 4.39 Å². The minimum atomic E-state index is -0.0667.